The number of benzene rings is 1. The average molecular weight is 339 g/mol. The molecule has 0 spiro atoms. The number of hydrogen-bond acceptors (Lipinski definition) is 5. The number of para-hydroxylation sites is 1. The van der Waals surface area contributed by atoms with E-state index in [1.165, 1.54) is 17.4 Å². The Labute approximate surface area is 131 Å². The molecule has 3 rings (SSSR count). The van der Waals surface area contributed by atoms with Crippen LogP contribution in [-0.4, -0.2) is 26.1 Å². The molecule has 0 aliphatic rings. The number of halogens is 3. The number of fused-ring (bicyclic) bond motifs is 1. The molecule has 1 amide bonds. The molecule has 118 valence electrons. The van der Waals surface area contributed by atoms with Crippen LogP contribution in [-0.2, 0) is 11.0 Å². The highest BCUT2D eigenvalue weighted by molar-refractivity contribution is 7.19. The topological polar surface area (TPSA) is 83.6 Å². The first-order valence-electron chi connectivity index (χ1n) is 6.26. The number of carbonyl (C=O) groups is 1. The van der Waals surface area contributed by atoms with E-state index in [1.54, 1.807) is 5.10 Å². The van der Waals surface area contributed by atoms with Gasteiger partial charge in [-0.3, -0.25) is 15.2 Å². The maximum Gasteiger partial charge on any atom is 0.451 e. The fraction of sp³-hybridized carbons (Fsp3) is 0.0769. The Morgan fingerprint density at radius 3 is 2.74 bits per heavy atom. The van der Waals surface area contributed by atoms with E-state index >= 15 is 0 Å². The fourth-order valence-electron chi connectivity index (χ4n) is 1.70. The SMILES string of the molecule is O=C(/C=C/c1nc2ccccc2s1)Nc1n[nH]c(C(F)(F)F)n1. The zero-order valence-electron chi connectivity index (χ0n) is 11.3. The standard InChI is InChI=1S/C13H8F3N5OS/c14-13(15,16)11-19-12(21-20-11)18-9(22)5-6-10-17-7-3-1-2-4-8(7)23-10/h1-6H,(H2,18,19,20,21,22)/b6-5+. The smallest absolute Gasteiger partial charge is 0.290 e. The molecule has 0 aliphatic carbocycles. The molecule has 2 N–H and O–H groups in total. The number of anilines is 1. The van der Waals surface area contributed by atoms with Crippen LogP contribution >= 0.6 is 11.3 Å². The first-order chi connectivity index (χ1) is 10.9. The second kappa shape index (κ2) is 5.80. The number of H-pyrrole nitrogens is 1. The molecular formula is C13H8F3N5OS. The first kappa shape index (κ1) is 15.2. The Morgan fingerprint density at radius 1 is 1.26 bits per heavy atom. The van der Waals surface area contributed by atoms with Gasteiger partial charge in [-0.1, -0.05) is 12.1 Å². The van der Waals surface area contributed by atoms with Crippen LogP contribution in [0.1, 0.15) is 10.8 Å². The number of thiazole rings is 1. The molecular weight excluding hydrogens is 331 g/mol. The van der Waals surface area contributed by atoms with Crippen molar-refractivity contribution in [3.05, 3.63) is 41.2 Å². The van der Waals surface area contributed by atoms with Crippen molar-refractivity contribution in [2.24, 2.45) is 0 Å². The zero-order chi connectivity index (χ0) is 16.4. The average Bonchev–Trinajstić information content (AvgIpc) is 3.10. The Bertz CT molecular complexity index is 850. The van der Waals surface area contributed by atoms with Crippen LogP contribution in [0.25, 0.3) is 16.3 Å². The fourth-order valence-corrected chi connectivity index (χ4v) is 2.57. The minimum atomic E-state index is -4.65. The van der Waals surface area contributed by atoms with E-state index in [0.717, 1.165) is 16.3 Å². The summed E-state index contributed by atoms with van der Waals surface area (Å²) in [6.07, 6.45) is -2.02. The lowest BCUT2D eigenvalue weighted by Crippen LogP contribution is -2.10. The number of aromatic nitrogens is 4. The third-order valence-electron chi connectivity index (χ3n) is 2.68. The molecule has 0 saturated carbocycles. The van der Waals surface area contributed by atoms with Crippen molar-refractivity contribution in [3.63, 3.8) is 0 Å². The van der Waals surface area contributed by atoms with Gasteiger partial charge in [-0.25, -0.2) is 4.98 Å². The minimum absolute atomic E-state index is 0.448. The van der Waals surface area contributed by atoms with Gasteiger partial charge in [-0.2, -0.15) is 18.2 Å². The molecule has 1 aromatic carbocycles. The van der Waals surface area contributed by atoms with Gasteiger partial charge in [0.1, 0.15) is 5.01 Å². The highest BCUT2D eigenvalue weighted by atomic mass is 32.1. The number of rotatable bonds is 3. The van der Waals surface area contributed by atoms with Gasteiger partial charge in [-0.05, 0) is 18.2 Å². The summed E-state index contributed by atoms with van der Waals surface area (Å²) in [6, 6.07) is 7.47. The summed E-state index contributed by atoms with van der Waals surface area (Å²) < 4.78 is 38.0. The van der Waals surface area contributed by atoms with Crippen LogP contribution in [0.15, 0.2) is 30.3 Å². The lowest BCUT2D eigenvalue weighted by Gasteiger charge is -1.98. The van der Waals surface area contributed by atoms with Gasteiger partial charge in [0.15, 0.2) is 0 Å². The summed E-state index contributed by atoms with van der Waals surface area (Å²) >= 11 is 1.39. The minimum Gasteiger partial charge on any atom is -0.290 e. The maximum absolute atomic E-state index is 12.3. The Hall–Kier alpha value is -2.75. The highest BCUT2D eigenvalue weighted by Crippen LogP contribution is 2.26. The number of nitrogens with one attached hydrogen (secondary N) is 2. The van der Waals surface area contributed by atoms with Crippen molar-refractivity contribution in [2.75, 3.05) is 5.32 Å². The monoisotopic (exact) mass is 339 g/mol. The summed E-state index contributed by atoms with van der Waals surface area (Å²) in [4.78, 5) is 19.1. The van der Waals surface area contributed by atoms with Gasteiger partial charge >= 0.3 is 6.18 Å². The predicted molar refractivity (Wildman–Crippen MR) is 78.7 cm³/mol. The van der Waals surface area contributed by atoms with Gasteiger partial charge in [0.05, 0.1) is 10.2 Å². The molecule has 2 heterocycles. The number of aromatic amines is 1. The van der Waals surface area contributed by atoms with Crippen molar-refractivity contribution in [2.45, 2.75) is 6.18 Å². The maximum atomic E-state index is 12.3. The van der Waals surface area contributed by atoms with E-state index in [-0.39, 0.29) is 0 Å². The van der Waals surface area contributed by atoms with Crippen molar-refractivity contribution in [1.82, 2.24) is 20.2 Å². The van der Waals surface area contributed by atoms with Crippen molar-refractivity contribution in [1.29, 1.82) is 0 Å². The molecule has 0 aliphatic heterocycles. The Kier molecular flexibility index (Phi) is 3.82. The zero-order valence-corrected chi connectivity index (χ0v) is 12.1. The predicted octanol–water partition coefficient (Wildman–Crippen LogP) is 3.09. The third-order valence-corrected chi connectivity index (χ3v) is 3.68. The second-order valence-corrected chi connectivity index (χ2v) is 5.41. The normalized spacial score (nSPS) is 12.1. The van der Waals surface area contributed by atoms with Crippen LogP contribution in [0.5, 0.6) is 0 Å². The van der Waals surface area contributed by atoms with Gasteiger partial charge in [0.25, 0.3) is 5.91 Å². The van der Waals surface area contributed by atoms with Gasteiger partial charge < -0.3 is 0 Å². The quantitative estimate of drug-likeness (QED) is 0.718. The highest BCUT2D eigenvalue weighted by Gasteiger charge is 2.35. The van der Waals surface area contributed by atoms with E-state index in [1.807, 2.05) is 24.3 Å². The second-order valence-electron chi connectivity index (χ2n) is 4.35. The number of nitrogens with zero attached hydrogens (tertiary/aromatic N) is 3. The van der Waals surface area contributed by atoms with Crippen LogP contribution in [0.4, 0.5) is 19.1 Å². The molecule has 0 saturated heterocycles. The van der Waals surface area contributed by atoms with Crippen LogP contribution in [0, 0.1) is 0 Å². The van der Waals surface area contributed by atoms with E-state index in [9.17, 15) is 18.0 Å². The molecule has 2 aromatic heterocycles. The third kappa shape index (κ3) is 3.54. The van der Waals surface area contributed by atoms with Crippen molar-refractivity contribution < 1.29 is 18.0 Å². The molecule has 6 nitrogen and oxygen atoms in total. The number of amides is 1. The Balaban J connectivity index is 1.68. The molecule has 0 unspecified atom stereocenters. The summed E-state index contributed by atoms with van der Waals surface area (Å²) in [5.74, 6) is -2.38. The van der Waals surface area contributed by atoms with Crippen LogP contribution < -0.4 is 5.32 Å². The van der Waals surface area contributed by atoms with E-state index in [0.29, 0.717) is 5.01 Å². The molecule has 3 aromatic rings. The summed E-state index contributed by atoms with van der Waals surface area (Å²) in [5, 5.41) is 7.72. The molecule has 10 heteroatoms. The van der Waals surface area contributed by atoms with Crippen LogP contribution in [0.3, 0.4) is 0 Å². The molecule has 0 bridgehead atoms. The van der Waals surface area contributed by atoms with Crippen molar-refractivity contribution in [3.8, 4) is 0 Å². The van der Waals surface area contributed by atoms with E-state index in [2.05, 4.69) is 20.4 Å². The summed E-state index contributed by atoms with van der Waals surface area (Å²) in [6.45, 7) is 0. The molecule has 0 atom stereocenters. The molecule has 0 radical (unpaired) electrons. The largest absolute Gasteiger partial charge is 0.451 e. The number of carbonyl (C=O) groups excluding carboxylic acids is 1. The van der Waals surface area contributed by atoms with Crippen molar-refractivity contribution >= 4 is 39.5 Å². The molecule has 0 fully saturated rings. The lowest BCUT2D eigenvalue weighted by molar-refractivity contribution is -0.144. The van der Waals surface area contributed by atoms with E-state index in [4.69, 9.17) is 0 Å². The van der Waals surface area contributed by atoms with E-state index < -0.39 is 23.9 Å². The van der Waals surface area contributed by atoms with Gasteiger partial charge in [0, 0.05) is 6.08 Å². The number of alkyl halides is 3. The first-order valence-corrected chi connectivity index (χ1v) is 7.08. The molecule has 23 heavy (non-hydrogen) atoms. The summed E-state index contributed by atoms with van der Waals surface area (Å²) in [7, 11) is 0. The Morgan fingerprint density at radius 2 is 2.04 bits per heavy atom. The van der Waals surface area contributed by atoms with Gasteiger partial charge in [0.2, 0.25) is 11.8 Å². The lowest BCUT2D eigenvalue weighted by atomic mass is 10.3. The van der Waals surface area contributed by atoms with Gasteiger partial charge in [-0.15, -0.1) is 16.4 Å². The summed E-state index contributed by atoms with van der Waals surface area (Å²) in [5.41, 5.74) is 0.807. The number of hydrogen-bond donors (Lipinski definition) is 2. The van der Waals surface area contributed by atoms with Crippen LogP contribution in [0.2, 0.25) is 0 Å².